The van der Waals surface area contributed by atoms with Crippen LogP contribution in [0.3, 0.4) is 0 Å². The van der Waals surface area contributed by atoms with Crippen LogP contribution < -0.4 is 0 Å². The van der Waals surface area contributed by atoms with Crippen molar-refractivity contribution in [3.05, 3.63) is 65.7 Å². The number of amides is 1. The van der Waals surface area contributed by atoms with Crippen LogP contribution in [0.5, 0.6) is 5.75 Å². The molecule has 0 radical (unpaired) electrons. The number of carbonyl (C=O) groups is 2. The largest absolute Gasteiger partial charge is 0.508 e. The van der Waals surface area contributed by atoms with Crippen molar-refractivity contribution in [2.45, 2.75) is 18.9 Å². The Kier molecular flexibility index (Phi) is 4.79. The number of likely N-dealkylation sites (tertiary alicyclic amines) is 1. The molecule has 1 aliphatic heterocycles. The first kappa shape index (κ1) is 16.1. The van der Waals surface area contributed by atoms with Crippen LogP contribution in [0.15, 0.2) is 54.6 Å². The summed E-state index contributed by atoms with van der Waals surface area (Å²) in [5.74, 6) is -0.855. The van der Waals surface area contributed by atoms with E-state index in [0.717, 1.165) is 12.8 Å². The van der Waals surface area contributed by atoms with Gasteiger partial charge in [-0.3, -0.25) is 4.79 Å². The topological polar surface area (TPSA) is 66.8 Å². The Morgan fingerprint density at radius 2 is 1.71 bits per heavy atom. The van der Waals surface area contributed by atoms with Crippen molar-refractivity contribution in [1.82, 2.24) is 4.90 Å². The summed E-state index contributed by atoms with van der Waals surface area (Å²) in [6, 6.07) is 14.9. The van der Waals surface area contributed by atoms with E-state index >= 15 is 0 Å². The van der Waals surface area contributed by atoms with Gasteiger partial charge in [-0.25, -0.2) is 4.79 Å². The molecule has 1 amide bonds. The Balaban J connectivity index is 1.84. The number of phenolic OH excluding ortho intramolecular Hbond substituents is 1. The fourth-order valence-corrected chi connectivity index (χ4v) is 2.80. The zero-order chi connectivity index (χ0) is 16.9. The van der Waals surface area contributed by atoms with Crippen LogP contribution >= 0.6 is 0 Å². The van der Waals surface area contributed by atoms with E-state index in [4.69, 9.17) is 4.74 Å². The molecule has 0 aromatic heterocycles. The Bertz CT molecular complexity index is 723. The van der Waals surface area contributed by atoms with Crippen molar-refractivity contribution in [3.8, 4) is 5.75 Å². The van der Waals surface area contributed by atoms with E-state index in [9.17, 15) is 14.7 Å². The van der Waals surface area contributed by atoms with Crippen molar-refractivity contribution >= 4 is 11.9 Å². The molecular weight excluding hydrogens is 306 g/mol. The standard InChI is InChI=1S/C19H19NO4/c21-16-10-6-9-15(13-16)19(23)24-17(14-7-2-1-3-8-14)18(22)20-11-4-5-12-20/h1-3,6-10,13,17,21H,4-5,11-12H2/t17-/m0/s1. The molecule has 1 heterocycles. The first-order valence-corrected chi connectivity index (χ1v) is 7.99. The molecule has 1 fully saturated rings. The monoisotopic (exact) mass is 325 g/mol. The third kappa shape index (κ3) is 3.56. The van der Waals surface area contributed by atoms with E-state index in [1.807, 2.05) is 18.2 Å². The Morgan fingerprint density at radius 3 is 2.38 bits per heavy atom. The minimum absolute atomic E-state index is 0.0217. The van der Waals surface area contributed by atoms with Crippen LogP contribution in [-0.2, 0) is 9.53 Å². The van der Waals surface area contributed by atoms with Gasteiger partial charge < -0.3 is 14.7 Å². The predicted octanol–water partition coefficient (Wildman–Crippen LogP) is 2.91. The Labute approximate surface area is 140 Å². The van der Waals surface area contributed by atoms with Crippen LogP contribution in [0.25, 0.3) is 0 Å². The summed E-state index contributed by atoms with van der Waals surface area (Å²) in [6.45, 7) is 1.37. The summed E-state index contributed by atoms with van der Waals surface area (Å²) in [6.07, 6.45) is 0.959. The number of aromatic hydroxyl groups is 1. The van der Waals surface area contributed by atoms with Gasteiger partial charge in [-0.05, 0) is 31.0 Å². The molecule has 5 heteroatoms. The van der Waals surface area contributed by atoms with Crippen molar-refractivity contribution < 1.29 is 19.4 Å². The molecule has 0 saturated carbocycles. The zero-order valence-corrected chi connectivity index (χ0v) is 13.2. The molecule has 124 valence electrons. The van der Waals surface area contributed by atoms with E-state index in [-0.39, 0.29) is 17.2 Å². The summed E-state index contributed by atoms with van der Waals surface area (Å²) >= 11 is 0. The lowest BCUT2D eigenvalue weighted by Gasteiger charge is -2.23. The van der Waals surface area contributed by atoms with Gasteiger partial charge in [0.15, 0.2) is 0 Å². The highest BCUT2D eigenvalue weighted by molar-refractivity contribution is 5.93. The second kappa shape index (κ2) is 7.17. The average molecular weight is 325 g/mol. The van der Waals surface area contributed by atoms with Crippen molar-refractivity contribution in [1.29, 1.82) is 0 Å². The van der Waals surface area contributed by atoms with Crippen molar-refractivity contribution in [2.75, 3.05) is 13.1 Å². The summed E-state index contributed by atoms with van der Waals surface area (Å²) in [5.41, 5.74) is 0.855. The minimum Gasteiger partial charge on any atom is -0.508 e. The van der Waals surface area contributed by atoms with Crippen LogP contribution in [0.1, 0.15) is 34.9 Å². The van der Waals surface area contributed by atoms with Gasteiger partial charge in [0.25, 0.3) is 5.91 Å². The first-order valence-electron chi connectivity index (χ1n) is 7.99. The molecule has 3 rings (SSSR count). The van der Waals surface area contributed by atoms with E-state index in [0.29, 0.717) is 18.7 Å². The van der Waals surface area contributed by atoms with E-state index < -0.39 is 12.1 Å². The maximum Gasteiger partial charge on any atom is 0.339 e. The second-order valence-corrected chi connectivity index (χ2v) is 5.78. The quantitative estimate of drug-likeness (QED) is 0.878. The number of esters is 1. The van der Waals surface area contributed by atoms with Gasteiger partial charge in [0.05, 0.1) is 5.56 Å². The number of carbonyl (C=O) groups excluding carboxylic acids is 2. The van der Waals surface area contributed by atoms with Crippen LogP contribution in [0.2, 0.25) is 0 Å². The van der Waals surface area contributed by atoms with Gasteiger partial charge in [0.1, 0.15) is 5.75 Å². The lowest BCUT2D eigenvalue weighted by Crippen LogP contribution is -2.34. The molecule has 1 atom stereocenters. The van der Waals surface area contributed by atoms with Gasteiger partial charge in [-0.1, -0.05) is 36.4 Å². The summed E-state index contributed by atoms with van der Waals surface area (Å²) < 4.78 is 5.51. The number of rotatable bonds is 4. The highest BCUT2D eigenvalue weighted by Gasteiger charge is 2.31. The molecule has 0 spiro atoms. The zero-order valence-electron chi connectivity index (χ0n) is 13.2. The molecular formula is C19H19NO4. The third-order valence-corrected chi connectivity index (χ3v) is 4.05. The molecule has 0 unspecified atom stereocenters. The number of benzene rings is 2. The normalized spacial score (nSPS) is 15.1. The molecule has 0 bridgehead atoms. The summed E-state index contributed by atoms with van der Waals surface area (Å²) in [5, 5.41) is 9.51. The van der Waals surface area contributed by atoms with Gasteiger partial charge in [0.2, 0.25) is 6.10 Å². The molecule has 1 aliphatic rings. The number of ether oxygens (including phenoxy) is 1. The molecule has 1 saturated heterocycles. The highest BCUT2D eigenvalue weighted by atomic mass is 16.5. The molecule has 1 N–H and O–H groups in total. The van der Waals surface area contributed by atoms with Gasteiger partial charge >= 0.3 is 5.97 Å². The van der Waals surface area contributed by atoms with Gasteiger partial charge in [0, 0.05) is 18.7 Å². The van der Waals surface area contributed by atoms with Crippen LogP contribution in [-0.4, -0.2) is 35.0 Å². The van der Waals surface area contributed by atoms with Gasteiger partial charge in [-0.2, -0.15) is 0 Å². The summed E-state index contributed by atoms with van der Waals surface area (Å²) in [7, 11) is 0. The van der Waals surface area contributed by atoms with E-state index in [1.54, 1.807) is 29.2 Å². The fraction of sp³-hybridized carbons (Fsp3) is 0.263. The molecule has 24 heavy (non-hydrogen) atoms. The van der Waals surface area contributed by atoms with Crippen LogP contribution in [0, 0.1) is 0 Å². The molecule has 0 aliphatic carbocycles. The fourth-order valence-electron chi connectivity index (χ4n) is 2.80. The van der Waals surface area contributed by atoms with Gasteiger partial charge in [-0.15, -0.1) is 0 Å². The average Bonchev–Trinajstić information content (AvgIpc) is 3.14. The number of phenols is 1. The van der Waals surface area contributed by atoms with Crippen LogP contribution in [0.4, 0.5) is 0 Å². The van der Waals surface area contributed by atoms with Crippen molar-refractivity contribution in [3.63, 3.8) is 0 Å². The maximum absolute atomic E-state index is 12.8. The number of nitrogens with zero attached hydrogens (tertiary/aromatic N) is 1. The minimum atomic E-state index is -0.973. The molecule has 2 aromatic rings. The smallest absolute Gasteiger partial charge is 0.339 e. The summed E-state index contributed by atoms with van der Waals surface area (Å²) in [4.78, 5) is 26.9. The Hall–Kier alpha value is -2.82. The maximum atomic E-state index is 12.8. The highest BCUT2D eigenvalue weighted by Crippen LogP contribution is 2.24. The van der Waals surface area contributed by atoms with E-state index in [2.05, 4.69) is 0 Å². The lowest BCUT2D eigenvalue weighted by molar-refractivity contribution is -0.140. The second-order valence-electron chi connectivity index (χ2n) is 5.78. The Morgan fingerprint density at radius 1 is 1.00 bits per heavy atom. The molecule has 2 aromatic carbocycles. The van der Waals surface area contributed by atoms with Crippen molar-refractivity contribution in [2.24, 2.45) is 0 Å². The third-order valence-electron chi connectivity index (χ3n) is 4.05. The van der Waals surface area contributed by atoms with E-state index in [1.165, 1.54) is 12.1 Å². The predicted molar refractivity (Wildman–Crippen MR) is 88.5 cm³/mol. The SMILES string of the molecule is O=C(O[C@H](C(=O)N1CCCC1)c1ccccc1)c1cccc(O)c1. The number of hydrogen-bond donors (Lipinski definition) is 1. The first-order chi connectivity index (χ1) is 11.6. The number of hydrogen-bond acceptors (Lipinski definition) is 4. The molecule has 5 nitrogen and oxygen atoms in total. The lowest BCUT2D eigenvalue weighted by atomic mass is 10.1.